The van der Waals surface area contributed by atoms with E-state index in [1.54, 1.807) is 0 Å². The molecular formula is C14H22N4. The van der Waals surface area contributed by atoms with Crippen molar-refractivity contribution in [1.29, 1.82) is 0 Å². The minimum Gasteiger partial charge on any atom is -0.382 e. The number of nitrogens with two attached hydrogens (primary N) is 1. The van der Waals surface area contributed by atoms with Gasteiger partial charge in [0.25, 0.3) is 0 Å². The highest BCUT2D eigenvalue weighted by Crippen LogP contribution is 2.55. The number of nitrogen functional groups attached to an aromatic ring is 1. The summed E-state index contributed by atoms with van der Waals surface area (Å²) >= 11 is 0. The molecule has 98 valence electrons. The number of rotatable bonds is 2. The van der Waals surface area contributed by atoms with Gasteiger partial charge >= 0.3 is 0 Å². The van der Waals surface area contributed by atoms with Crippen LogP contribution >= 0.6 is 0 Å². The van der Waals surface area contributed by atoms with Crippen LogP contribution in [0.1, 0.15) is 32.1 Å². The van der Waals surface area contributed by atoms with E-state index >= 15 is 0 Å². The molecule has 0 amide bonds. The van der Waals surface area contributed by atoms with Gasteiger partial charge in [0.15, 0.2) is 0 Å². The fraction of sp³-hybridized carbons (Fsp3) is 0.786. The minimum atomic E-state index is 0.692. The van der Waals surface area contributed by atoms with Gasteiger partial charge in [0, 0.05) is 13.1 Å². The summed E-state index contributed by atoms with van der Waals surface area (Å²) in [4.78, 5) is 2.41. The monoisotopic (exact) mass is 246 g/mol. The quantitative estimate of drug-likeness (QED) is 0.841. The average Bonchev–Trinajstić information content (AvgIpc) is 2.73. The van der Waals surface area contributed by atoms with Crippen molar-refractivity contribution in [3.63, 3.8) is 0 Å². The first kappa shape index (κ1) is 10.7. The molecule has 0 atom stereocenters. The third-order valence-electron chi connectivity index (χ3n) is 5.65. The molecule has 0 radical (unpaired) electrons. The molecule has 4 fully saturated rings. The molecule has 0 unspecified atom stereocenters. The lowest BCUT2D eigenvalue weighted by Crippen LogP contribution is -2.55. The highest BCUT2D eigenvalue weighted by atomic mass is 15.2. The standard InChI is InChI=1S/C14H22N4/c1-18(12-7-16-17-14(12)15)13-10-3-8-2-9(5-10)6-11(13)4-8/h7-11,13H,2-6H2,1H3,(H3,15,16,17). The number of hydrogen-bond acceptors (Lipinski definition) is 3. The molecule has 4 aliphatic rings. The number of aromatic amines is 1. The van der Waals surface area contributed by atoms with Crippen LogP contribution in [0.5, 0.6) is 0 Å². The van der Waals surface area contributed by atoms with Crippen LogP contribution < -0.4 is 10.6 Å². The molecule has 1 heterocycles. The molecule has 18 heavy (non-hydrogen) atoms. The first-order valence-corrected chi connectivity index (χ1v) is 7.24. The van der Waals surface area contributed by atoms with E-state index in [2.05, 4.69) is 22.1 Å². The van der Waals surface area contributed by atoms with Crippen molar-refractivity contribution in [3.8, 4) is 0 Å². The van der Waals surface area contributed by atoms with Crippen molar-refractivity contribution in [2.24, 2.45) is 23.7 Å². The van der Waals surface area contributed by atoms with Gasteiger partial charge in [0.2, 0.25) is 0 Å². The molecule has 4 nitrogen and oxygen atoms in total. The van der Waals surface area contributed by atoms with Crippen molar-refractivity contribution in [1.82, 2.24) is 10.2 Å². The van der Waals surface area contributed by atoms with Crippen molar-refractivity contribution in [2.45, 2.75) is 38.1 Å². The number of nitrogens with zero attached hydrogens (tertiary/aromatic N) is 2. The van der Waals surface area contributed by atoms with Crippen LogP contribution in [0.4, 0.5) is 11.5 Å². The van der Waals surface area contributed by atoms with Gasteiger partial charge in [0.05, 0.1) is 11.9 Å². The van der Waals surface area contributed by atoms with Gasteiger partial charge in [-0.05, 0) is 55.8 Å². The summed E-state index contributed by atoms with van der Waals surface area (Å²) in [7, 11) is 2.20. The van der Waals surface area contributed by atoms with Gasteiger partial charge in [-0.15, -0.1) is 0 Å². The Morgan fingerprint density at radius 2 is 1.78 bits per heavy atom. The molecule has 0 spiro atoms. The Labute approximate surface area is 108 Å². The highest BCUT2D eigenvalue weighted by molar-refractivity contribution is 5.62. The van der Waals surface area contributed by atoms with Crippen LogP contribution in [0, 0.1) is 23.7 Å². The molecule has 4 aliphatic carbocycles. The first-order chi connectivity index (χ1) is 8.72. The normalized spacial score (nSPS) is 41.3. The van der Waals surface area contributed by atoms with E-state index in [0.717, 1.165) is 29.4 Å². The number of hydrogen-bond donors (Lipinski definition) is 2. The van der Waals surface area contributed by atoms with E-state index in [1.807, 2.05) is 6.20 Å². The van der Waals surface area contributed by atoms with E-state index in [1.165, 1.54) is 32.1 Å². The zero-order valence-electron chi connectivity index (χ0n) is 11.0. The predicted molar refractivity (Wildman–Crippen MR) is 72.2 cm³/mol. The van der Waals surface area contributed by atoms with Gasteiger partial charge in [-0.2, -0.15) is 5.10 Å². The maximum Gasteiger partial charge on any atom is 0.142 e. The van der Waals surface area contributed by atoms with Gasteiger partial charge < -0.3 is 10.6 Å². The van der Waals surface area contributed by atoms with Crippen LogP contribution in [0.2, 0.25) is 0 Å². The van der Waals surface area contributed by atoms with Crippen molar-refractivity contribution < 1.29 is 0 Å². The predicted octanol–water partition coefficient (Wildman–Crippen LogP) is 2.25. The summed E-state index contributed by atoms with van der Waals surface area (Å²) in [5.41, 5.74) is 7.07. The number of anilines is 2. The Morgan fingerprint density at radius 1 is 1.17 bits per heavy atom. The Hall–Kier alpha value is -1.19. The largest absolute Gasteiger partial charge is 0.382 e. The summed E-state index contributed by atoms with van der Waals surface area (Å²) in [5.74, 6) is 4.55. The van der Waals surface area contributed by atoms with Crippen LogP contribution in [-0.2, 0) is 0 Å². The average molecular weight is 246 g/mol. The van der Waals surface area contributed by atoms with Crippen molar-refractivity contribution >= 4 is 11.5 Å². The Balaban J connectivity index is 1.63. The van der Waals surface area contributed by atoms with E-state index in [9.17, 15) is 0 Å². The Kier molecular flexibility index (Phi) is 2.17. The molecule has 0 aromatic carbocycles. The zero-order chi connectivity index (χ0) is 12.3. The maximum atomic E-state index is 5.97. The molecule has 5 rings (SSSR count). The highest BCUT2D eigenvalue weighted by Gasteiger charge is 2.49. The van der Waals surface area contributed by atoms with E-state index in [4.69, 9.17) is 5.73 Å². The van der Waals surface area contributed by atoms with E-state index in [0.29, 0.717) is 11.9 Å². The molecule has 3 N–H and O–H groups in total. The topological polar surface area (TPSA) is 57.9 Å². The fourth-order valence-electron chi connectivity index (χ4n) is 5.26. The van der Waals surface area contributed by atoms with Crippen LogP contribution in [0.25, 0.3) is 0 Å². The lowest BCUT2D eigenvalue weighted by atomic mass is 9.54. The van der Waals surface area contributed by atoms with Gasteiger partial charge in [-0.3, -0.25) is 5.10 Å². The van der Waals surface area contributed by atoms with Gasteiger partial charge in [-0.1, -0.05) is 0 Å². The molecular weight excluding hydrogens is 224 g/mol. The third kappa shape index (κ3) is 1.41. The fourth-order valence-corrected chi connectivity index (χ4v) is 5.26. The summed E-state index contributed by atoms with van der Waals surface area (Å²) in [6, 6.07) is 0.692. The molecule has 0 aliphatic heterocycles. The lowest BCUT2D eigenvalue weighted by molar-refractivity contribution is -0.00118. The first-order valence-electron chi connectivity index (χ1n) is 7.24. The molecule has 4 bridgehead atoms. The number of aromatic nitrogens is 2. The summed E-state index contributed by atoms with van der Waals surface area (Å²) < 4.78 is 0. The smallest absolute Gasteiger partial charge is 0.142 e. The molecule has 0 saturated heterocycles. The Bertz CT molecular complexity index is 424. The molecule has 1 aromatic rings. The second-order valence-electron chi connectivity index (χ2n) is 6.70. The van der Waals surface area contributed by atoms with Gasteiger partial charge in [-0.25, -0.2) is 0 Å². The van der Waals surface area contributed by atoms with Crippen LogP contribution in [0.15, 0.2) is 6.20 Å². The van der Waals surface area contributed by atoms with Crippen molar-refractivity contribution in [3.05, 3.63) is 6.20 Å². The Morgan fingerprint density at radius 3 is 2.28 bits per heavy atom. The van der Waals surface area contributed by atoms with Crippen LogP contribution in [0.3, 0.4) is 0 Å². The second-order valence-corrected chi connectivity index (χ2v) is 6.70. The molecule has 4 heteroatoms. The van der Waals surface area contributed by atoms with Crippen molar-refractivity contribution in [2.75, 3.05) is 17.7 Å². The van der Waals surface area contributed by atoms with E-state index in [-0.39, 0.29) is 0 Å². The summed E-state index contributed by atoms with van der Waals surface area (Å²) in [5, 5.41) is 6.92. The molecule has 4 saturated carbocycles. The second kappa shape index (κ2) is 3.65. The molecule has 1 aromatic heterocycles. The summed E-state index contributed by atoms with van der Waals surface area (Å²) in [6.07, 6.45) is 9.16. The van der Waals surface area contributed by atoms with E-state index < -0.39 is 0 Å². The maximum absolute atomic E-state index is 5.97. The third-order valence-corrected chi connectivity index (χ3v) is 5.65. The van der Waals surface area contributed by atoms with Crippen LogP contribution in [-0.4, -0.2) is 23.3 Å². The summed E-state index contributed by atoms with van der Waals surface area (Å²) in [6.45, 7) is 0. The zero-order valence-corrected chi connectivity index (χ0v) is 11.0. The lowest BCUT2D eigenvalue weighted by Gasteiger charge is -2.56. The SMILES string of the molecule is CN(c1cn[nH]c1N)C1C2CC3CC(C2)CC1C3. The number of H-pyrrole nitrogens is 1. The van der Waals surface area contributed by atoms with Gasteiger partial charge in [0.1, 0.15) is 5.82 Å². The minimum absolute atomic E-state index is 0.692. The number of nitrogens with one attached hydrogen (secondary N) is 1.